The van der Waals surface area contributed by atoms with Gasteiger partial charge in [-0.2, -0.15) is 0 Å². The highest BCUT2D eigenvalue weighted by atomic mass is 16.5. The minimum Gasteiger partial charge on any atom is -0.464 e. The van der Waals surface area contributed by atoms with Gasteiger partial charge in [-0.1, -0.05) is 18.6 Å². The van der Waals surface area contributed by atoms with Crippen LogP contribution in [0.5, 0.6) is 0 Å². The van der Waals surface area contributed by atoms with Gasteiger partial charge in [0.1, 0.15) is 11.9 Å². The predicted molar refractivity (Wildman–Crippen MR) is 90.3 cm³/mol. The van der Waals surface area contributed by atoms with Crippen LogP contribution in [-0.4, -0.2) is 45.9 Å². The molecule has 0 saturated heterocycles. The molecule has 142 valence electrons. The Kier molecular flexibility index (Phi) is 5.68. The first kappa shape index (κ1) is 18.5. The highest BCUT2D eigenvalue weighted by molar-refractivity contribution is 5.86. The van der Waals surface area contributed by atoms with E-state index in [2.05, 4.69) is 15.0 Å². The zero-order valence-corrected chi connectivity index (χ0v) is 15.2. The lowest BCUT2D eigenvalue weighted by molar-refractivity contribution is -0.161. The molecule has 2 unspecified atom stereocenters. The van der Waals surface area contributed by atoms with Crippen molar-refractivity contribution < 1.29 is 23.9 Å². The largest absolute Gasteiger partial charge is 0.464 e. The topological polar surface area (TPSA) is 100 Å². The molecule has 2 aliphatic carbocycles. The fourth-order valence-electron chi connectivity index (χ4n) is 3.95. The van der Waals surface area contributed by atoms with Crippen molar-refractivity contribution in [1.29, 1.82) is 0 Å². The first-order chi connectivity index (χ1) is 12.5. The minimum atomic E-state index is -0.540. The van der Waals surface area contributed by atoms with E-state index in [1.165, 1.54) is 7.11 Å². The Bertz CT molecular complexity index is 686. The number of esters is 2. The van der Waals surface area contributed by atoms with Gasteiger partial charge in [0.05, 0.1) is 25.3 Å². The molecule has 0 radical (unpaired) electrons. The van der Waals surface area contributed by atoms with Crippen LogP contribution in [0.25, 0.3) is 0 Å². The first-order valence-corrected chi connectivity index (χ1v) is 9.22. The number of aromatic nitrogens is 3. The Balaban J connectivity index is 1.69. The second-order valence-corrected chi connectivity index (χ2v) is 7.27. The van der Waals surface area contributed by atoms with Gasteiger partial charge in [-0.25, -0.2) is 9.48 Å². The number of carbonyl (C=O) groups excluding carboxylic acids is 3. The Morgan fingerprint density at radius 1 is 1.23 bits per heavy atom. The fourth-order valence-corrected chi connectivity index (χ4v) is 3.95. The molecule has 0 spiro atoms. The average Bonchev–Trinajstić information content (AvgIpc) is 3.11. The van der Waals surface area contributed by atoms with E-state index in [1.54, 1.807) is 10.9 Å². The molecule has 2 aliphatic rings. The maximum absolute atomic E-state index is 12.7. The number of ether oxygens (including phenoxy) is 2. The molecule has 1 heterocycles. The summed E-state index contributed by atoms with van der Waals surface area (Å²) < 4.78 is 12.1. The van der Waals surface area contributed by atoms with E-state index in [1.807, 2.05) is 6.92 Å². The summed E-state index contributed by atoms with van der Waals surface area (Å²) in [5.74, 6) is -0.758. The van der Waals surface area contributed by atoms with Crippen LogP contribution in [0.4, 0.5) is 0 Å². The fraction of sp³-hybridized carbons (Fsp3) is 0.722. The van der Waals surface area contributed by atoms with Gasteiger partial charge in [-0.05, 0) is 31.6 Å². The summed E-state index contributed by atoms with van der Waals surface area (Å²) in [4.78, 5) is 35.8. The molecule has 2 saturated carbocycles. The lowest BCUT2D eigenvalue weighted by Gasteiger charge is -2.33. The molecule has 1 aromatic rings. The number of methoxy groups -OCH3 is 1. The van der Waals surface area contributed by atoms with Crippen LogP contribution >= 0.6 is 0 Å². The monoisotopic (exact) mass is 363 g/mol. The number of ketones is 1. The van der Waals surface area contributed by atoms with Gasteiger partial charge in [0.25, 0.3) is 0 Å². The van der Waals surface area contributed by atoms with E-state index in [9.17, 15) is 14.4 Å². The van der Waals surface area contributed by atoms with Crippen molar-refractivity contribution >= 4 is 17.7 Å². The predicted octanol–water partition coefficient (Wildman–Crippen LogP) is 2.10. The highest BCUT2D eigenvalue weighted by Gasteiger charge is 2.37. The molecule has 2 fully saturated rings. The summed E-state index contributed by atoms with van der Waals surface area (Å²) in [7, 11) is 1.29. The van der Waals surface area contributed by atoms with Gasteiger partial charge in [0, 0.05) is 12.8 Å². The van der Waals surface area contributed by atoms with Crippen LogP contribution in [0, 0.1) is 11.8 Å². The Morgan fingerprint density at radius 3 is 2.73 bits per heavy atom. The average molecular weight is 363 g/mol. The van der Waals surface area contributed by atoms with Gasteiger partial charge in [-0.15, -0.1) is 5.10 Å². The van der Waals surface area contributed by atoms with Crippen LogP contribution in [0.15, 0.2) is 6.20 Å². The number of nitrogens with zero attached hydrogens (tertiary/aromatic N) is 3. The third-order valence-electron chi connectivity index (χ3n) is 5.45. The van der Waals surface area contributed by atoms with E-state index in [0.29, 0.717) is 19.3 Å². The van der Waals surface area contributed by atoms with Crippen LogP contribution in [-0.2, 0) is 19.1 Å². The summed E-state index contributed by atoms with van der Waals surface area (Å²) in [5.41, 5.74) is 0.141. The van der Waals surface area contributed by atoms with Crippen molar-refractivity contribution in [2.24, 2.45) is 11.8 Å². The lowest BCUT2D eigenvalue weighted by atomic mass is 9.80. The van der Waals surface area contributed by atoms with E-state index in [0.717, 1.165) is 25.7 Å². The van der Waals surface area contributed by atoms with Crippen LogP contribution in [0.2, 0.25) is 0 Å². The number of hydrogen-bond donors (Lipinski definition) is 0. The highest BCUT2D eigenvalue weighted by Crippen LogP contribution is 2.34. The maximum atomic E-state index is 12.7. The lowest BCUT2D eigenvalue weighted by Crippen LogP contribution is -2.37. The molecule has 8 heteroatoms. The van der Waals surface area contributed by atoms with Gasteiger partial charge in [-0.3, -0.25) is 9.59 Å². The normalized spacial score (nSPS) is 29.2. The number of Topliss-reactive ketones (excluding diaryl/α,β-unsaturated/α-hetero) is 1. The second-order valence-electron chi connectivity index (χ2n) is 7.27. The SMILES string of the molecule is COC(=O)c1cn([C@@H]2CCCC[C@H]2OC(=O)C2CCC(=O)CC2C)nn1. The summed E-state index contributed by atoms with van der Waals surface area (Å²) in [6, 6.07) is -0.140. The summed E-state index contributed by atoms with van der Waals surface area (Å²) in [6.45, 7) is 1.93. The molecule has 0 N–H and O–H groups in total. The Hall–Kier alpha value is -2.25. The summed E-state index contributed by atoms with van der Waals surface area (Å²) >= 11 is 0. The number of hydrogen-bond acceptors (Lipinski definition) is 7. The van der Waals surface area contributed by atoms with Crippen molar-refractivity contribution in [2.45, 2.75) is 64.0 Å². The van der Waals surface area contributed by atoms with E-state index >= 15 is 0 Å². The zero-order valence-electron chi connectivity index (χ0n) is 15.2. The third-order valence-corrected chi connectivity index (χ3v) is 5.45. The van der Waals surface area contributed by atoms with E-state index < -0.39 is 5.97 Å². The van der Waals surface area contributed by atoms with Crippen molar-refractivity contribution in [3.63, 3.8) is 0 Å². The maximum Gasteiger partial charge on any atom is 0.360 e. The second kappa shape index (κ2) is 7.97. The summed E-state index contributed by atoms with van der Waals surface area (Å²) in [6.07, 6.45) is 6.24. The van der Waals surface area contributed by atoms with E-state index in [4.69, 9.17) is 4.74 Å². The van der Waals surface area contributed by atoms with Crippen molar-refractivity contribution in [3.8, 4) is 0 Å². The van der Waals surface area contributed by atoms with E-state index in [-0.39, 0.29) is 41.4 Å². The standard InChI is InChI=1S/C18H25N3O5/c1-11-9-12(22)7-8-13(11)17(23)26-16-6-4-3-5-15(16)21-10-14(19-20-21)18(24)25-2/h10-11,13,15-16H,3-9H2,1-2H3/t11?,13?,15-,16-/m1/s1. The molecule has 8 nitrogen and oxygen atoms in total. The molecule has 3 rings (SSSR count). The van der Waals surface area contributed by atoms with Gasteiger partial charge in [0.15, 0.2) is 5.69 Å². The van der Waals surface area contributed by atoms with Crippen molar-refractivity contribution in [1.82, 2.24) is 15.0 Å². The summed E-state index contributed by atoms with van der Waals surface area (Å²) in [5, 5.41) is 7.88. The molecular weight excluding hydrogens is 338 g/mol. The van der Waals surface area contributed by atoms with Crippen LogP contribution < -0.4 is 0 Å². The third kappa shape index (κ3) is 3.94. The molecule has 0 bridgehead atoms. The molecular formula is C18H25N3O5. The molecule has 4 atom stereocenters. The first-order valence-electron chi connectivity index (χ1n) is 9.22. The quantitative estimate of drug-likeness (QED) is 0.755. The van der Waals surface area contributed by atoms with Crippen molar-refractivity contribution in [2.75, 3.05) is 7.11 Å². The van der Waals surface area contributed by atoms with Gasteiger partial charge >= 0.3 is 11.9 Å². The molecule has 26 heavy (non-hydrogen) atoms. The molecule has 0 aromatic carbocycles. The Morgan fingerprint density at radius 2 is 2.00 bits per heavy atom. The molecule has 0 aliphatic heterocycles. The smallest absolute Gasteiger partial charge is 0.360 e. The van der Waals surface area contributed by atoms with Crippen molar-refractivity contribution in [3.05, 3.63) is 11.9 Å². The van der Waals surface area contributed by atoms with Gasteiger partial charge in [0.2, 0.25) is 0 Å². The zero-order chi connectivity index (χ0) is 18.7. The minimum absolute atomic E-state index is 0.0167. The van der Waals surface area contributed by atoms with Crippen LogP contribution in [0.3, 0.4) is 0 Å². The number of rotatable bonds is 4. The van der Waals surface area contributed by atoms with Crippen LogP contribution in [0.1, 0.15) is 68.4 Å². The van der Waals surface area contributed by atoms with Gasteiger partial charge < -0.3 is 9.47 Å². The molecule has 0 amide bonds. The molecule has 1 aromatic heterocycles. The number of carbonyl (C=O) groups is 3. The Labute approximate surface area is 152 Å².